The Kier molecular flexibility index (Phi) is 3.32. The highest BCUT2D eigenvalue weighted by molar-refractivity contribution is 7.13. The zero-order valence-corrected chi connectivity index (χ0v) is 9.93. The lowest BCUT2D eigenvalue weighted by Gasteiger charge is -2.26. The van der Waals surface area contributed by atoms with Gasteiger partial charge >= 0.3 is 0 Å². The van der Waals surface area contributed by atoms with Gasteiger partial charge in [-0.3, -0.25) is 19.6 Å². The highest BCUT2D eigenvalue weighted by atomic mass is 31.0. The van der Waals surface area contributed by atoms with Gasteiger partial charge in [0.15, 0.2) is 0 Å². The largest absolute Gasteiger partial charge is 0.299 e. The van der Waals surface area contributed by atoms with Gasteiger partial charge in [0.2, 0.25) is 5.91 Å². The summed E-state index contributed by atoms with van der Waals surface area (Å²) >= 11 is 0. The van der Waals surface area contributed by atoms with Crippen LogP contribution in [0.2, 0.25) is 0 Å². The van der Waals surface area contributed by atoms with Crippen molar-refractivity contribution < 1.29 is 9.59 Å². The average molecular weight is 236 g/mol. The molecule has 0 saturated carbocycles. The van der Waals surface area contributed by atoms with Crippen LogP contribution >= 0.6 is 9.39 Å². The van der Waals surface area contributed by atoms with Gasteiger partial charge in [0.25, 0.3) is 5.91 Å². The van der Waals surface area contributed by atoms with E-state index in [2.05, 4.69) is 14.5 Å². The lowest BCUT2D eigenvalue weighted by Crippen LogP contribution is -2.44. The molecule has 2 rings (SSSR count). The molecule has 0 spiro atoms. The number of rotatable bonds is 3. The summed E-state index contributed by atoms with van der Waals surface area (Å²) in [5, 5.41) is 2.85. The van der Waals surface area contributed by atoms with Crippen molar-refractivity contribution in [2.75, 3.05) is 13.1 Å². The standard InChI is InChI=1S/C11H13N2O2P/c14-10-7-8-3-1-2-4-9(8)11(15)13(10)6-5-12-16/h1-4,12H,5-7,16H2. The third-order valence-corrected chi connectivity index (χ3v) is 2.90. The molecule has 1 aromatic rings. The van der Waals surface area contributed by atoms with Gasteiger partial charge in [0, 0.05) is 18.7 Å². The predicted octanol–water partition coefficient (Wildman–Crippen LogP) is 0.591. The van der Waals surface area contributed by atoms with Crippen LogP contribution in [0.25, 0.3) is 0 Å². The van der Waals surface area contributed by atoms with Crippen molar-refractivity contribution in [3.63, 3.8) is 0 Å². The molecule has 0 aliphatic carbocycles. The van der Waals surface area contributed by atoms with E-state index in [4.69, 9.17) is 0 Å². The number of hydrogen-bond donors (Lipinski definition) is 1. The molecule has 16 heavy (non-hydrogen) atoms. The highest BCUT2D eigenvalue weighted by Gasteiger charge is 2.29. The van der Waals surface area contributed by atoms with E-state index in [1.807, 2.05) is 18.2 Å². The summed E-state index contributed by atoms with van der Waals surface area (Å²) < 4.78 is 0. The summed E-state index contributed by atoms with van der Waals surface area (Å²) in [6.07, 6.45) is 0.318. The summed E-state index contributed by atoms with van der Waals surface area (Å²) in [5.74, 6) is -0.309. The molecule has 0 aromatic heterocycles. The molecule has 0 saturated heterocycles. The van der Waals surface area contributed by atoms with Gasteiger partial charge in [-0.15, -0.1) is 0 Å². The van der Waals surface area contributed by atoms with Gasteiger partial charge in [-0.25, -0.2) is 0 Å². The summed E-state index contributed by atoms with van der Waals surface area (Å²) in [7, 11) is 2.35. The van der Waals surface area contributed by atoms with Gasteiger partial charge in [-0.05, 0) is 11.6 Å². The van der Waals surface area contributed by atoms with E-state index in [1.165, 1.54) is 4.90 Å². The number of carbonyl (C=O) groups is 2. The Bertz CT molecular complexity index is 434. The Morgan fingerprint density at radius 2 is 2.06 bits per heavy atom. The number of benzene rings is 1. The Morgan fingerprint density at radius 3 is 2.81 bits per heavy atom. The van der Waals surface area contributed by atoms with Crippen molar-refractivity contribution in [2.24, 2.45) is 0 Å². The first-order valence-electron chi connectivity index (χ1n) is 5.10. The van der Waals surface area contributed by atoms with E-state index in [1.54, 1.807) is 6.07 Å². The molecule has 1 aromatic carbocycles. The molecular weight excluding hydrogens is 223 g/mol. The van der Waals surface area contributed by atoms with E-state index in [9.17, 15) is 9.59 Å². The second kappa shape index (κ2) is 4.73. The molecule has 1 heterocycles. The quantitative estimate of drug-likeness (QED) is 0.617. The van der Waals surface area contributed by atoms with Crippen molar-refractivity contribution >= 4 is 21.2 Å². The van der Waals surface area contributed by atoms with Crippen LogP contribution in [0, 0.1) is 0 Å². The maximum absolute atomic E-state index is 12.0. The van der Waals surface area contributed by atoms with Crippen molar-refractivity contribution in [2.45, 2.75) is 6.42 Å². The van der Waals surface area contributed by atoms with Crippen LogP contribution in [0.3, 0.4) is 0 Å². The molecule has 1 N–H and O–H groups in total. The predicted molar refractivity (Wildman–Crippen MR) is 63.9 cm³/mol. The van der Waals surface area contributed by atoms with E-state index in [0.29, 0.717) is 25.1 Å². The Morgan fingerprint density at radius 1 is 1.31 bits per heavy atom. The van der Waals surface area contributed by atoms with Crippen LogP contribution in [0.1, 0.15) is 15.9 Å². The fraction of sp³-hybridized carbons (Fsp3) is 0.273. The molecule has 1 unspecified atom stereocenters. The van der Waals surface area contributed by atoms with Crippen molar-refractivity contribution in [1.82, 2.24) is 9.99 Å². The van der Waals surface area contributed by atoms with Crippen LogP contribution in [-0.2, 0) is 11.2 Å². The number of carbonyl (C=O) groups excluding carboxylic acids is 2. The number of imide groups is 1. The lowest BCUT2D eigenvalue weighted by molar-refractivity contribution is -0.128. The Hall–Kier alpha value is -1.25. The van der Waals surface area contributed by atoms with E-state index in [0.717, 1.165) is 5.56 Å². The minimum Gasteiger partial charge on any atom is -0.299 e. The SMILES string of the molecule is O=C1Cc2ccccc2C(=O)N1CCNP. The molecule has 0 fully saturated rings. The molecule has 4 nitrogen and oxygen atoms in total. The highest BCUT2D eigenvalue weighted by Crippen LogP contribution is 2.18. The van der Waals surface area contributed by atoms with Gasteiger partial charge in [0.05, 0.1) is 6.42 Å². The number of nitrogens with one attached hydrogen (secondary N) is 1. The molecule has 2 amide bonds. The van der Waals surface area contributed by atoms with Crippen LogP contribution in [0.5, 0.6) is 0 Å². The monoisotopic (exact) mass is 236 g/mol. The van der Waals surface area contributed by atoms with Gasteiger partial charge in [-0.1, -0.05) is 27.6 Å². The van der Waals surface area contributed by atoms with Gasteiger partial charge in [0.1, 0.15) is 0 Å². The van der Waals surface area contributed by atoms with Crippen LogP contribution in [-0.4, -0.2) is 29.8 Å². The molecule has 1 aliphatic rings. The van der Waals surface area contributed by atoms with E-state index in [-0.39, 0.29) is 11.8 Å². The fourth-order valence-corrected chi connectivity index (χ4v) is 1.93. The van der Waals surface area contributed by atoms with Gasteiger partial charge < -0.3 is 0 Å². The molecule has 1 atom stereocenters. The minimum absolute atomic E-state index is 0.121. The average Bonchev–Trinajstić information content (AvgIpc) is 2.29. The summed E-state index contributed by atoms with van der Waals surface area (Å²) in [5.41, 5.74) is 1.47. The van der Waals surface area contributed by atoms with Crippen molar-refractivity contribution in [3.05, 3.63) is 35.4 Å². The lowest BCUT2D eigenvalue weighted by atomic mass is 9.99. The van der Waals surface area contributed by atoms with Crippen LogP contribution in [0.15, 0.2) is 24.3 Å². The first-order valence-corrected chi connectivity index (χ1v) is 5.68. The van der Waals surface area contributed by atoms with Crippen LogP contribution in [0.4, 0.5) is 0 Å². The third-order valence-electron chi connectivity index (χ3n) is 2.62. The second-order valence-electron chi connectivity index (χ2n) is 3.64. The Balaban J connectivity index is 2.27. The first kappa shape index (κ1) is 11.2. The topological polar surface area (TPSA) is 49.4 Å². The molecule has 84 valence electrons. The number of hydrogen-bond acceptors (Lipinski definition) is 3. The van der Waals surface area contributed by atoms with Crippen molar-refractivity contribution in [1.29, 1.82) is 0 Å². The number of fused-ring (bicyclic) bond motifs is 1. The van der Waals surface area contributed by atoms with Crippen LogP contribution < -0.4 is 5.09 Å². The fourth-order valence-electron chi connectivity index (χ4n) is 1.80. The maximum atomic E-state index is 12.0. The summed E-state index contributed by atoms with van der Waals surface area (Å²) in [6.45, 7) is 1.000. The summed E-state index contributed by atoms with van der Waals surface area (Å²) in [6, 6.07) is 7.26. The Labute approximate surface area is 96.3 Å². The second-order valence-corrected chi connectivity index (χ2v) is 4.05. The number of nitrogens with zero attached hydrogens (tertiary/aromatic N) is 1. The zero-order chi connectivity index (χ0) is 11.5. The van der Waals surface area contributed by atoms with Crippen molar-refractivity contribution in [3.8, 4) is 0 Å². The third kappa shape index (κ3) is 1.99. The molecular formula is C11H13N2O2P. The van der Waals surface area contributed by atoms with Gasteiger partial charge in [-0.2, -0.15) is 0 Å². The first-order chi connectivity index (χ1) is 7.74. The van der Waals surface area contributed by atoms with E-state index < -0.39 is 0 Å². The molecule has 0 radical (unpaired) electrons. The zero-order valence-electron chi connectivity index (χ0n) is 8.77. The smallest absolute Gasteiger partial charge is 0.260 e. The minimum atomic E-state index is -0.188. The molecule has 1 aliphatic heterocycles. The molecule has 5 heteroatoms. The number of amides is 2. The normalized spacial score (nSPS) is 15.2. The van der Waals surface area contributed by atoms with E-state index >= 15 is 0 Å². The molecule has 0 bridgehead atoms. The summed E-state index contributed by atoms with van der Waals surface area (Å²) in [4.78, 5) is 25.1. The maximum Gasteiger partial charge on any atom is 0.260 e.